The Morgan fingerprint density at radius 2 is 2.21 bits per heavy atom. The molecular formula is C17H23ClN4O2. The van der Waals surface area contributed by atoms with E-state index >= 15 is 0 Å². The Morgan fingerprint density at radius 3 is 2.96 bits per heavy atom. The zero-order chi connectivity index (χ0) is 16.1. The summed E-state index contributed by atoms with van der Waals surface area (Å²) in [7, 11) is 0. The highest BCUT2D eigenvalue weighted by Gasteiger charge is 2.27. The van der Waals surface area contributed by atoms with Crippen molar-refractivity contribution in [2.24, 2.45) is 0 Å². The third-order valence-electron chi connectivity index (χ3n) is 3.97. The summed E-state index contributed by atoms with van der Waals surface area (Å²) in [5, 5.41) is 10.5. The summed E-state index contributed by atoms with van der Waals surface area (Å²) in [5.41, 5.74) is 2.12. The summed E-state index contributed by atoms with van der Waals surface area (Å²) in [6.45, 7) is 3.88. The maximum absolute atomic E-state index is 12.2. The van der Waals surface area contributed by atoms with Crippen LogP contribution in [0.15, 0.2) is 42.7 Å². The number of nitrogens with one attached hydrogen (secondary N) is 2. The number of para-hydroxylation sites is 1. The maximum atomic E-state index is 12.2. The van der Waals surface area contributed by atoms with Gasteiger partial charge in [0.2, 0.25) is 5.91 Å². The largest absolute Gasteiger partial charge is 0.375 e. The number of amides is 1. The fraction of sp³-hybridized carbons (Fsp3) is 0.412. The Kier molecular flexibility index (Phi) is 6.78. The number of nitrogens with zero attached hydrogens (tertiary/aromatic N) is 2. The average Bonchev–Trinajstić information content (AvgIpc) is 3.05. The molecule has 0 aliphatic carbocycles. The SMILES string of the molecule is C[C@H]1OCCN[C@@H]1C(=O)NCCc1cnn(-c2ccccc2)c1.Cl. The second-order valence-corrected chi connectivity index (χ2v) is 5.68. The predicted octanol–water partition coefficient (Wildman–Crippen LogP) is 1.33. The molecule has 1 aromatic heterocycles. The first-order valence-corrected chi connectivity index (χ1v) is 7.96. The molecule has 2 N–H and O–H groups in total. The molecule has 2 heterocycles. The molecule has 1 fully saturated rings. The highest BCUT2D eigenvalue weighted by atomic mass is 35.5. The Labute approximate surface area is 148 Å². The van der Waals surface area contributed by atoms with Crippen molar-refractivity contribution in [3.8, 4) is 5.69 Å². The lowest BCUT2D eigenvalue weighted by atomic mass is 10.1. The van der Waals surface area contributed by atoms with Crippen LogP contribution >= 0.6 is 12.4 Å². The van der Waals surface area contributed by atoms with E-state index in [1.807, 2.05) is 54.3 Å². The molecule has 1 aliphatic rings. The minimum atomic E-state index is -0.268. The van der Waals surface area contributed by atoms with Crippen molar-refractivity contribution in [3.05, 3.63) is 48.3 Å². The van der Waals surface area contributed by atoms with Gasteiger partial charge in [-0.15, -0.1) is 12.4 Å². The fourth-order valence-electron chi connectivity index (χ4n) is 2.68. The minimum absolute atomic E-state index is 0. The molecule has 0 spiro atoms. The van der Waals surface area contributed by atoms with E-state index in [1.165, 1.54) is 0 Å². The van der Waals surface area contributed by atoms with Crippen LogP contribution in [0.25, 0.3) is 5.69 Å². The highest BCUT2D eigenvalue weighted by molar-refractivity contribution is 5.85. The minimum Gasteiger partial charge on any atom is -0.375 e. The molecule has 24 heavy (non-hydrogen) atoms. The first-order chi connectivity index (χ1) is 11.2. The van der Waals surface area contributed by atoms with E-state index in [2.05, 4.69) is 15.7 Å². The summed E-state index contributed by atoms with van der Waals surface area (Å²) in [5.74, 6) is -0.00680. The van der Waals surface area contributed by atoms with E-state index < -0.39 is 0 Å². The van der Waals surface area contributed by atoms with Crippen molar-refractivity contribution in [2.45, 2.75) is 25.5 Å². The molecule has 130 valence electrons. The third-order valence-corrected chi connectivity index (χ3v) is 3.97. The first kappa shape index (κ1) is 18.4. The van der Waals surface area contributed by atoms with E-state index in [0.717, 1.165) is 17.7 Å². The van der Waals surface area contributed by atoms with Crippen LogP contribution in [0.5, 0.6) is 0 Å². The van der Waals surface area contributed by atoms with Gasteiger partial charge in [0.05, 0.1) is 24.6 Å². The van der Waals surface area contributed by atoms with Gasteiger partial charge in [0, 0.05) is 19.3 Å². The molecule has 1 aromatic carbocycles. The first-order valence-electron chi connectivity index (χ1n) is 7.96. The van der Waals surface area contributed by atoms with Crippen LogP contribution in [0.2, 0.25) is 0 Å². The maximum Gasteiger partial charge on any atom is 0.239 e. The lowest BCUT2D eigenvalue weighted by Crippen LogP contribution is -2.55. The van der Waals surface area contributed by atoms with Crippen LogP contribution in [0.1, 0.15) is 12.5 Å². The molecule has 0 unspecified atom stereocenters. The molecule has 1 saturated heterocycles. The second-order valence-electron chi connectivity index (χ2n) is 5.68. The molecule has 2 aromatic rings. The van der Waals surface area contributed by atoms with Gasteiger partial charge < -0.3 is 15.4 Å². The van der Waals surface area contributed by atoms with Crippen molar-refractivity contribution in [1.82, 2.24) is 20.4 Å². The Bertz CT molecular complexity index is 647. The number of ether oxygens (including phenoxy) is 1. The normalized spacial score (nSPS) is 20.2. The van der Waals surface area contributed by atoms with Crippen LogP contribution in [-0.2, 0) is 16.0 Å². The second kappa shape index (κ2) is 8.82. The van der Waals surface area contributed by atoms with Crippen LogP contribution in [0.3, 0.4) is 0 Å². The van der Waals surface area contributed by atoms with E-state index in [4.69, 9.17) is 4.74 Å². The van der Waals surface area contributed by atoms with E-state index in [9.17, 15) is 4.79 Å². The number of benzene rings is 1. The number of morpholine rings is 1. The van der Waals surface area contributed by atoms with Gasteiger partial charge >= 0.3 is 0 Å². The summed E-state index contributed by atoms with van der Waals surface area (Å²) in [6.07, 6.45) is 4.49. The number of hydrogen-bond acceptors (Lipinski definition) is 4. The Morgan fingerprint density at radius 1 is 1.42 bits per heavy atom. The van der Waals surface area contributed by atoms with Crippen molar-refractivity contribution in [3.63, 3.8) is 0 Å². The zero-order valence-corrected chi connectivity index (χ0v) is 14.5. The molecule has 7 heteroatoms. The summed E-state index contributed by atoms with van der Waals surface area (Å²) >= 11 is 0. The molecule has 1 amide bonds. The third kappa shape index (κ3) is 4.56. The van der Waals surface area contributed by atoms with Crippen molar-refractivity contribution < 1.29 is 9.53 Å². The van der Waals surface area contributed by atoms with Crippen LogP contribution in [0, 0.1) is 0 Å². The molecule has 2 atom stereocenters. The molecule has 6 nitrogen and oxygen atoms in total. The highest BCUT2D eigenvalue weighted by Crippen LogP contribution is 2.08. The Hall–Kier alpha value is -1.89. The quantitative estimate of drug-likeness (QED) is 0.853. The van der Waals surface area contributed by atoms with Crippen LogP contribution in [-0.4, -0.2) is 47.5 Å². The van der Waals surface area contributed by atoms with E-state index in [1.54, 1.807) is 0 Å². The lowest BCUT2D eigenvalue weighted by molar-refractivity contribution is -0.128. The average molecular weight is 351 g/mol. The molecular weight excluding hydrogens is 328 g/mol. The van der Waals surface area contributed by atoms with Gasteiger partial charge in [-0.1, -0.05) is 18.2 Å². The van der Waals surface area contributed by atoms with Gasteiger partial charge in [0.1, 0.15) is 6.04 Å². The van der Waals surface area contributed by atoms with Crippen molar-refractivity contribution in [1.29, 1.82) is 0 Å². The number of halogens is 1. The number of rotatable bonds is 5. The Balaban J connectivity index is 0.00000208. The van der Waals surface area contributed by atoms with Gasteiger partial charge in [-0.2, -0.15) is 5.10 Å². The van der Waals surface area contributed by atoms with E-state index in [0.29, 0.717) is 19.7 Å². The van der Waals surface area contributed by atoms with Gasteiger partial charge in [0.25, 0.3) is 0 Å². The van der Waals surface area contributed by atoms with Crippen molar-refractivity contribution in [2.75, 3.05) is 19.7 Å². The van der Waals surface area contributed by atoms with Crippen molar-refractivity contribution >= 4 is 18.3 Å². The topological polar surface area (TPSA) is 68.2 Å². The summed E-state index contributed by atoms with van der Waals surface area (Å²) in [6, 6.07) is 9.70. The van der Waals surface area contributed by atoms with Gasteiger partial charge in [-0.05, 0) is 31.0 Å². The molecule has 0 bridgehead atoms. The van der Waals surface area contributed by atoms with Gasteiger partial charge in [0.15, 0.2) is 0 Å². The molecule has 0 saturated carbocycles. The van der Waals surface area contributed by atoms with E-state index in [-0.39, 0.29) is 30.5 Å². The van der Waals surface area contributed by atoms with Crippen LogP contribution in [0.4, 0.5) is 0 Å². The number of hydrogen-bond donors (Lipinski definition) is 2. The fourth-order valence-corrected chi connectivity index (χ4v) is 2.68. The standard InChI is InChI=1S/C17H22N4O2.ClH/c1-13-16(18-9-10-23-13)17(22)19-8-7-14-11-20-21(12-14)15-5-3-2-4-6-15;/h2-6,11-13,16,18H,7-10H2,1H3,(H,19,22);1H/t13-,16+;/m1./s1. The number of carbonyl (C=O) groups excluding carboxylic acids is 1. The monoisotopic (exact) mass is 350 g/mol. The number of aromatic nitrogens is 2. The lowest BCUT2D eigenvalue weighted by Gasteiger charge is -2.29. The van der Waals surface area contributed by atoms with Gasteiger partial charge in [-0.3, -0.25) is 4.79 Å². The number of carbonyl (C=O) groups is 1. The smallest absolute Gasteiger partial charge is 0.239 e. The summed E-state index contributed by atoms with van der Waals surface area (Å²) < 4.78 is 7.33. The molecule has 1 aliphatic heterocycles. The van der Waals surface area contributed by atoms with Gasteiger partial charge in [-0.25, -0.2) is 4.68 Å². The summed E-state index contributed by atoms with van der Waals surface area (Å²) in [4.78, 5) is 12.2. The zero-order valence-electron chi connectivity index (χ0n) is 13.6. The molecule has 0 radical (unpaired) electrons. The van der Waals surface area contributed by atoms with Crippen LogP contribution < -0.4 is 10.6 Å². The predicted molar refractivity (Wildman–Crippen MR) is 94.7 cm³/mol. The molecule has 3 rings (SSSR count).